The number of anilines is 1. The van der Waals surface area contributed by atoms with E-state index < -0.39 is 0 Å². The first-order chi connectivity index (χ1) is 9.72. The van der Waals surface area contributed by atoms with Crippen LogP contribution in [0.25, 0.3) is 10.2 Å². The fourth-order valence-corrected chi connectivity index (χ4v) is 4.12. The molecule has 4 nitrogen and oxygen atoms in total. The maximum atomic E-state index is 12.2. The van der Waals surface area contributed by atoms with Gasteiger partial charge >= 0.3 is 0 Å². The fraction of sp³-hybridized carbons (Fsp3) is 0.467. The number of thiazole rings is 1. The molecule has 1 aromatic heterocycles. The van der Waals surface area contributed by atoms with E-state index >= 15 is 0 Å². The summed E-state index contributed by atoms with van der Waals surface area (Å²) in [5.41, 5.74) is 0.903. The molecule has 2 fully saturated rings. The van der Waals surface area contributed by atoms with Gasteiger partial charge in [0.1, 0.15) is 5.75 Å². The number of ether oxygens (including phenoxy) is 1. The van der Waals surface area contributed by atoms with E-state index in [0.717, 1.165) is 40.6 Å². The van der Waals surface area contributed by atoms with E-state index in [1.165, 1.54) is 17.8 Å². The standard InChI is InChI=1S/C15H16N2O2S/c1-19-11-2-3-12-13(7-11)20-15(16-12)17-14(18)10-5-8-4-9(8)6-10/h2-3,7-10H,4-6H2,1H3,(H,16,17,18). The average molecular weight is 288 g/mol. The predicted octanol–water partition coefficient (Wildman–Crippen LogP) is 3.29. The van der Waals surface area contributed by atoms with Crippen molar-refractivity contribution in [1.29, 1.82) is 0 Å². The number of hydrogen-bond donors (Lipinski definition) is 1. The number of methoxy groups -OCH3 is 1. The molecule has 1 aromatic carbocycles. The van der Waals surface area contributed by atoms with Crippen LogP contribution in [0.3, 0.4) is 0 Å². The van der Waals surface area contributed by atoms with Crippen LogP contribution in [0, 0.1) is 17.8 Å². The molecular weight excluding hydrogens is 272 g/mol. The molecule has 1 heterocycles. The van der Waals surface area contributed by atoms with Crippen molar-refractivity contribution in [2.24, 2.45) is 17.8 Å². The fourth-order valence-electron chi connectivity index (χ4n) is 3.22. The van der Waals surface area contributed by atoms with Crippen LogP contribution in [0.4, 0.5) is 5.13 Å². The largest absolute Gasteiger partial charge is 0.497 e. The third-order valence-electron chi connectivity index (χ3n) is 4.44. The lowest BCUT2D eigenvalue weighted by molar-refractivity contribution is -0.120. The third-order valence-corrected chi connectivity index (χ3v) is 5.37. The van der Waals surface area contributed by atoms with Gasteiger partial charge in [-0.05, 0) is 49.3 Å². The van der Waals surface area contributed by atoms with Gasteiger partial charge in [0.25, 0.3) is 0 Å². The second-order valence-corrected chi connectivity index (χ2v) is 6.80. The van der Waals surface area contributed by atoms with Gasteiger partial charge in [-0.25, -0.2) is 4.98 Å². The lowest BCUT2D eigenvalue weighted by Gasteiger charge is -2.09. The molecule has 2 aromatic rings. The minimum absolute atomic E-state index is 0.142. The Bertz CT molecular complexity index is 672. The summed E-state index contributed by atoms with van der Waals surface area (Å²) in [7, 11) is 1.65. The Morgan fingerprint density at radius 2 is 2.15 bits per heavy atom. The summed E-state index contributed by atoms with van der Waals surface area (Å²) in [4.78, 5) is 16.7. The van der Waals surface area contributed by atoms with E-state index in [1.54, 1.807) is 7.11 Å². The van der Waals surface area contributed by atoms with Gasteiger partial charge in [-0.3, -0.25) is 4.79 Å². The molecule has 0 aliphatic heterocycles. The molecule has 104 valence electrons. The molecule has 2 saturated carbocycles. The molecule has 2 atom stereocenters. The number of hydrogen-bond acceptors (Lipinski definition) is 4. The highest BCUT2D eigenvalue weighted by Crippen LogP contribution is 2.54. The zero-order valence-electron chi connectivity index (χ0n) is 11.3. The highest BCUT2D eigenvalue weighted by atomic mass is 32.1. The molecule has 0 bridgehead atoms. The van der Waals surface area contributed by atoms with Crippen LogP contribution in [0.2, 0.25) is 0 Å². The number of aromatic nitrogens is 1. The second-order valence-electron chi connectivity index (χ2n) is 5.77. The lowest BCUT2D eigenvalue weighted by Crippen LogP contribution is -2.21. The Labute approximate surface area is 121 Å². The maximum absolute atomic E-state index is 12.2. The van der Waals surface area contributed by atoms with Gasteiger partial charge in [0, 0.05) is 5.92 Å². The van der Waals surface area contributed by atoms with Gasteiger partial charge in [0.2, 0.25) is 5.91 Å². The highest BCUT2D eigenvalue weighted by Gasteiger charge is 2.48. The van der Waals surface area contributed by atoms with Crippen molar-refractivity contribution >= 4 is 32.6 Å². The number of benzene rings is 1. The molecule has 1 amide bonds. The predicted molar refractivity (Wildman–Crippen MR) is 79.1 cm³/mol. The van der Waals surface area contributed by atoms with Crippen LogP contribution < -0.4 is 10.1 Å². The summed E-state index contributed by atoms with van der Waals surface area (Å²) in [5, 5.41) is 3.67. The number of rotatable bonds is 3. The van der Waals surface area contributed by atoms with Crippen molar-refractivity contribution < 1.29 is 9.53 Å². The summed E-state index contributed by atoms with van der Waals surface area (Å²) in [6.45, 7) is 0. The second kappa shape index (κ2) is 4.45. The molecular formula is C15H16N2O2S. The Morgan fingerprint density at radius 3 is 2.90 bits per heavy atom. The average Bonchev–Trinajstić information content (AvgIpc) is 2.88. The number of carbonyl (C=O) groups is 1. The molecule has 2 aliphatic rings. The molecule has 20 heavy (non-hydrogen) atoms. The first-order valence-electron chi connectivity index (χ1n) is 6.98. The topological polar surface area (TPSA) is 51.2 Å². The maximum Gasteiger partial charge on any atom is 0.229 e. The number of amides is 1. The Morgan fingerprint density at radius 1 is 1.35 bits per heavy atom. The normalized spacial score (nSPS) is 27.4. The van der Waals surface area contributed by atoms with E-state index in [-0.39, 0.29) is 11.8 Å². The first kappa shape index (κ1) is 12.1. The molecule has 0 saturated heterocycles. The van der Waals surface area contributed by atoms with Crippen LogP contribution in [0.5, 0.6) is 5.75 Å². The van der Waals surface area contributed by atoms with Crippen molar-refractivity contribution in [2.45, 2.75) is 19.3 Å². The first-order valence-corrected chi connectivity index (χ1v) is 7.80. The number of nitrogens with zero attached hydrogens (tertiary/aromatic N) is 1. The lowest BCUT2D eigenvalue weighted by atomic mass is 10.0. The van der Waals surface area contributed by atoms with Crippen molar-refractivity contribution in [3.05, 3.63) is 18.2 Å². The zero-order valence-corrected chi connectivity index (χ0v) is 12.1. The summed E-state index contributed by atoms with van der Waals surface area (Å²) in [5.74, 6) is 2.80. The van der Waals surface area contributed by atoms with Crippen molar-refractivity contribution in [3.63, 3.8) is 0 Å². The molecule has 4 rings (SSSR count). The van der Waals surface area contributed by atoms with E-state index in [9.17, 15) is 4.79 Å². The molecule has 2 aliphatic carbocycles. The third kappa shape index (κ3) is 2.06. The van der Waals surface area contributed by atoms with Crippen molar-refractivity contribution in [3.8, 4) is 5.75 Å². The van der Waals surface area contributed by atoms with Gasteiger partial charge in [0.05, 0.1) is 17.3 Å². The monoisotopic (exact) mass is 288 g/mol. The quantitative estimate of drug-likeness (QED) is 0.943. The van der Waals surface area contributed by atoms with Gasteiger partial charge in [-0.2, -0.15) is 0 Å². The summed E-state index contributed by atoms with van der Waals surface area (Å²) in [6, 6.07) is 5.76. The van der Waals surface area contributed by atoms with Crippen LogP contribution in [0.1, 0.15) is 19.3 Å². The highest BCUT2D eigenvalue weighted by molar-refractivity contribution is 7.22. The number of nitrogens with one attached hydrogen (secondary N) is 1. The summed E-state index contributed by atoms with van der Waals surface area (Å²) >= 11 is 1.50. The molecule has 2 unspecified atom stereocenters. The van der Waals surface area contributed by atoms with E-state index in [4.69, 9.17) is 4.74 Å². The summed E-state index contributed by atoms with van der Waals surface area (Å²) < 4.78 is 6.24. The zero-order chi connectivity index (χ0) is 13.7. The minimum atomic E-state index is 0.142. The summed E-state index contributed by atoms with van der Waals surface area (Å²) in [6.07, 6.45) is 3.47. The van der Waals surface area contributed by atoms with Gasteiger partial charge in [-0.1, -0.05) is 11.3 Å². The van der Waals surface area contributed by atoms with E-state index in [2.05, 4.69) is 10.3 Å². The van der Waals surface area contributed by atoms with Gasteiger partial charge in [-0.15, -0.1) is 0 Å². The Hall–Kier alpha value is -1.62. The smallest absolute Gasteiger partial charge is 0.229 e. The molecule has 0 radical (unpaired) electrons. The van der Waals surface area contributed by atoms with Crippen molar-refractivity contribution in [2.75, 3.05) is 12.4 Å². The number of carbonyl (C=O) groups excluding carboxylic acids is 1. The Balaban J connectivity index is 1.51. The number of fused-ring (bicyclic) bond motifs is 2. The SMILES string of the molecule is COc1ccc2nc(NC(=O)C3CC4CC4C3)sc2c1. The van der Waals surface area contributed by atoms with Gasteiger partial charge in [0.15, 0.2) is 5.13 Å². The van der Waals surface area contributed by atoms with Crippen LogP contribution in [-0.4, -0.2) is 18.0 Å². The molecule has 0 spiro atoms. The van der Waals surface area contributed by atoms with Crippen LogP contribution in [0.15, 0.2) is 18.2 Å². The van der Waals surface area contributed by atoms with Crippen molar-refractivity contribution in [1.82, 2.24) is 4.98 Å². The molecule has 5 heteroatoms. The van der Waals surface area contributed by atoms with Gasteiger partial charge < -0.3 is 10.1 Å². The van der Waals surface area contributed by atoms with Crippen LogP contribution in [-0.2, 0) is 4.79 Å². The van der Waals surface area contributed by atoms with E-state index in [1.807, 2.05) is 18.2 Å². The minimum Gasteiger partial charge on any atom is -0.497 e. The van der Waals surface area contributed by atoms with E-state index in [0.29, 0.717) is 5.13 Å². The molecule has 1 N–H and O–H groups in total. The van der Waals surface area contributed by atoms with Crippen LogP contribution >= 0.6 is 11.3 Å². The Kier molecular flexibility index (Phi) is 2.70.